The van der Waals surface area contributed by atoms with E-state index < -0.39 is 0 Å². The normalized spacial score (nSPS) is 21.9. The Labute approximate surface area is 206 Å². The van der Waals surface area contributed by atoms with Gasteiger partial charge in [-0.25, -0.2) is 9.17 Å². The number of carbonyl (C=O) groups excluding carboxylic acids is 1. The van der Waals surface area contributed by atoms with Crippen molar-refractivity contribution >= 4 is 17.6 Å². The molecule has 182 valence electrons. The Hall–Kier alpha value is -2.58. The molecule has 8 heteroatoms. The average molecular weight is 483 g/mol. The summed E-state index contributed by atoms with van der Waals surface area (Å²) in [7, 11) is 3.37. The Morgan fingerprint density at radius 3 is 2.59 bits per heavy atom. The van der Waals surface area contributed by atoms with Crippen LogP contribution in [0.25, 0.3) is 0 Å². The molecular weight excluding hydrogens is 448 g/mol. The van der Waals surface area contributed by atoms with E-state index in [0.717, 1.165) is 60.8 Å². The number of allylic oxidation sites excluding steroid dienone is 1. The summed E-state index contributed by atoms with van der Waals surface area (Å²) < 4.78 is 15.6. The van der Waals surface area contributed by atoms with Crippen LogP contribution in [0.5, 0.6) is 11.5 Å². The van der Waals surface area contributed by atoms with Gasteiger partial charge in [-0.15, -0.1) is 0 Å². The number of methoxy groups -OCH3 is 2. The summed E-state index contributed by atoms with van der Waals surface area (Å²) in [4.78, 5) is 21.7. The van der Waals surface area contributed by atoms with E-state index >= 15 is 0 Å². The lowest BCUT2D eigenvalue weighted by Gasteiger charge is -2.44. The first-order chi connectivity index (χ1) is 16.4. The van der Waals surface area contributed by atoms with E-state index in [0.29, 0.717) is 13.1 Å². The number of amides is 2. The number of likely N-dealkylation sites (N-methyl/N-ethyl adjacent to an activating group) is 1. The number of hydrogen-bond donors (Lipinski definition) is 0. The van der Waals surface area contributed by atoms with Gasteiger partial charge in [-0.3, -0.25) is 9.80 Å². The van der Waals surface area contributed by atoms with Crippen molar-refractivity contribution in [2.75, 3.05) is 33.9 Å². The van der Waals surface area contributed by atoms with E-state index in [1.165, 1.54) is 10.4 Å². The van der Waals surface area contributed by atoms with Crippen LogP contribution in [0.4, 0.5) is 4.79 Å². The number of carbonyl (C=O) groups is 1. The first kappa shape index (κ1) is 23.2. The quantitative estimate of drug-likeness (QED) is 0.615. The van der Waals surface area contributed by atoms with Gasteiger partial charge in [0.25, 0.3) is 0 Å². The highest BCUT2D eigenvalue weighted by Crippen LogP contribution is 2.49. The lowest BCUT2D eigenvalue weighted by Crippen LogP contribution is -2.53. The predicted octanol–water partition coefficient (Wildman–Crippen LogP) is 4.76. The zero-order chi connectivity index (χ0) is 24.0. The van der Waals surface area contributed by atoms with E-state index in [2.05, 4.69) is 47.1 Å². The Bertz CT molecular complexity index is 1120. The molecule has 2 amide bonds. The molecule has 1 spiro atoms. The van der Waals surface area contributed by atoms with Crippen molar-refractivity contribution < 1.29 is 14.3 Å². The monoisotopic (exact) mass is 482 g/mol. The summed E-state index contributed by atoms with van der Waals surface area (Å²) in [5, 5.41) is 0. The first-order valence-electron chi connectivity index (χ1n) is 12.1. The molecular formula is C26H34N4O3S. The summed E-state index contributed by atoms with van der Waals surface area (Å²) in [5.74, 6) is 1.71. The summed E-state index contributed by atoms with van der Waals surface area (Å²) >= 11 is 1.60. The smallest absolute Gasteiger partial charge is 0.325 e. The van der Waals surface area contributed by atoms with Gasteiger partial charge in [0.1, 0.15) is 11.5 Å². The molecule has 3 aliphatic heterocycles. The second-order valence-corrected chi connectivity index (χ2v) is 10.5. The number of rotatable bonds is 5. The van der Waals surface area contributed by atoms with Crippen LogP contribution in [0.3, 0.4) is 0 Å². The lowest BCUT2D eigenvalue weighted by molar-refractivity contribution is 0.0892. The standard InChI is InChI=1S/C26H34N4O3S/c1-6-30-25(31)29-15-19-12-20(32-4)13-21(33-5)24(19)17(2)11-23(29)26(30)7-9-28(10-8-26)16-22-18(3)14-27-34-22/h11-14,17H,6-10,15-16H2,1-5H3/t17-/m0/s1. The maximum absolute atomic E-state index is 13.7. The highest BCUT2D eigenvalue weighted by atomic mass is 32.1. The molecule has 0 unspecified atom stereocenters. The summed E-state index contributed by atoms with van der Waals surface area (Å²) in [5.41, 5.74) is 4.42. The fourth-order valence-corrected chi connectivity index (χ4v) is 6.79. The van der Waals surface area contributed by atoms with Gasteiger partial charge in [0.15, 0.2) is 0 Å². The van der Waals surface area contributed by atoms with Gasteiger partial charge < -0.3 is 14.4 Å². The number of aryl methyl sites for hydroxylation is 1. The predicted molar refractivity (Wildman–Crippen MR) is 133 cm³/mol. The third-order valence-corrected chi connectivity index (χ3v) is 8.69. The van der Waals surface area contributed by atoms with E-state index in [4.69, 9.17) is 9.47 Å². The SMILES string of the molecule is CCN1C(=O)N2Cc3cc(OC)cc(OC)c3[C@@H](C)C=C2C12CCN(Cc1sncc1C)CC2. The minimum atomic E-state index is -0.251. The van der Waals surface area contributed by atoms with Crippen molar-refractivity contribution in [3.63, 3.8) is 0 Å². The van der Waals surface area contributed by atoms with Crippen LogP contribution in [0.2, 0.25) is 0 Å². The van der Waals surface area contributed by atoms with E-state index in [-0.39, 0.29) is 17.5 Å². The number of hydrogen-bond acceptors (Lipinski definition) is 6. The number of fused-ring (bicyclic) bond motifs is 3. The van der Waals surface area contributed by atoms with Crippen LogP contribution in [-0.2, 0) is 13.1 Å². The number of urea groups is 1. The number of likely N-dealkylation sites (tertiary alicyclic amines) is 1. The zero-order valence-corrected chi connectivity index (χ0v) is 21.6. The van der Waals surface area contributed by atoms with Gasteiger partial charge in [-0.2, -0.15) is 0 Å². The topological polar surface area (TPSA) is 58.1 Å². The van der Waals surface area contributed by atoms with Gasteiger partial charge in [-0.1, -0.05) is 13.0 Å². The van der Waals surface area contributed by atoms with Crippen LogP contribution in [0, 0.1) is 6.92 Å². The second kappa shape index (κ2) is 8.89. The van der Waals surface area contributed by atoms with Crippen LogP contribution < -0.4 is 9.47 Å². The summed E-state index contributed by atoms with van der Waals surface area (Å²) in [6.45, 7) is 10.6. The molecule has 0 aliphatic carbocycles. The molecule has 7 nitrogen and oxygen atoms in total. The minimum absolute atomic E-state index is 0.113. The molecule has 0 N–H and O–H groups in total. The Balaban J connectivity index is 1.48. The van der Waals surface area contributed by atoms with Crippen molar-refractivity contribution in [3.05, 3.63) is 51.7 Å². The molecule has 1 aromatic heterocycles. The molecule has 0 saturated carbocycles. The lowest BCUT2D eigenvalue weighted by atomic mass is 9.82. The highest BCUT2D eigenvalue weighted by Gasteiger charge is 2.54. The average Bonchev–Trinajstić information content (AvgIpc) is 3.27. The maximum Gasteiger partial charge on any atom is 0.325 e. The van der Waals surface area contributed by atoms with Crippen molar-refractivity contribution in [1.29, 1.82) is 0 Å². The minimum Gasteiger partial charge on any atom is -0.497 e. The number of ether oxygens (including phenoxy) is 2. The molecule has 0 radical (unpaired) electrons. The first-order valence-corrected chi connectivity index (χ1v) is 12.9. The number of benzene rings is 1. The molecule has 1 aromatic carbocycles. The van der Waals surface area contributed by atoms with Gasteiger partial charge in [0, 0.05) is 60.5 Å². The Kier molecular flexibility index (Phi) is 6.06. The van der Waals surface area contributed by atoms with Crippen molar-refractivity contribution in [3.8, 4) is 11.5 Å². The largest absolute Gasteiger partial charge is 0.497 e. The fourth-order valence-electron chi connectivity index (χ4n) is 6.02. The fraction of sp³-hybridized carbons (Fsp3) is 0.538. The number of nitrogens with zero attached hydrogens (tertiary/aromatic N) is 4. The zero-order valence-electron chi connectivity index (χ0n) is 20.8. The Morgan fingerprint density at radius 2 is 1.97 bits per heavy atom. The van der Waals surface area contributed by atoms with Crippen molar-refractivity contribution in [2.24, 2.45) is 0 Å². The summed E-state index contributed by atoms with van der Waals surface area (Å²) in [6.07, 6.45) is 6.15. The van der Waals surface area contributed by atoms with E-state index in [9.17, 15) is 4.79 Å². The van der Waals surface area contributed by atoms with E-state index in [1.807, 2.05) is 17.2 Å². The van der Waals surface area contributed by atoms with Crippen molar-refractivity contribution in [1.82, 2.24) is 19.1 Å². The second-order valence-electron chi connectivity index (χ2n) is 9.60. The van der Waals surface area contributed by atoms with Crippen LogP contribution in [-0.4, -0.2) is 64.5 Å². The molecule has 0 bridgehead atoms. The molecule has 3 aliphatic rings. The molecule has 34 heavy (non-hydrogen) atoms. The van der Waals surface area contributed by atoms with Crippen LogP contribution >= 0.6 is 11.5 Å². The van der Waals surface area contributed by atoms with Crippen LogP contribution in [0.15, 0.2) is 30.1 Å². The molecule has 2 fully saturated rings. The molecule has 4 heterocycles. The van der Waals surface area contributed by atoms with Crippen molar-refractivity contribution in [2.45, 2.75) is 58.2 Å². The van der Waals surface area contributed by atoms with Gasteiger partial charge in [0.2, 0.25) is 0 Å². The van der Waals surface area contributed by atoms with Gasteiger partial charge >= 0.3 is 6.03 Å². The highest BCUT2D eigenvalue weighted by molar-refractivity contribution is 7.05. The maximum atomic E-state index is 13.7. The van der Waals surface area contributed by atoms with Gasteiger partial charge in [-0.05, 0) is 55.4 Å². The number of piperidine rings is 1. The third kappa shape index (κ3) is 3.58. The number of aromatic nitrogens is 1. The van der Waals surface area contributed by atoms with Gasteiger partial charge in [0.05, 0.1) is 26.3 Å². The molecule has 1 atom stereocenters. The molecule has 2 saturated heterocycles. The third-order valence-electron chi connectivity index (χ3n) is 7.81. The summed E-state index contributed by atoms with van der Waals surface area (Å²) in [6, 6.07) is 4.11. The van der Waals surface area contributed by atoms with Crippen LogP contribution in [0.1, 0.15) is 54.2 Å². The van der Waals surface area contributed by atoms with E-state index in [1.54, 1.807) is 25.8 Å². The molecule has 2 aromatic rings. The molecule has 5 rings (SSSR count). The Morgan fingerprint density at radius 1 is 1.21 bits per heavy atom.